The fraction of sp³-hybridized carbons (Fsp3) is 0.611. The molecule has 4 N–H and O–H groups in total. The molecule has 6 atom stereocenters. The lowest BCUT2D eigenvalue weighted by molar-refractivity contribution is -0.149. The summed E-state index contributed by atoms with van der Waals surface area (Å²) in [5, 5.41) is 12.8. The molecule has 0 aromatic carbocycles. The summed E-state index contributed by atoms with van der Waals surface area (Å²) >= 11 is 0. The Kier molecular flexibility index (Phi) is 7.65. The molecule has 31 heavy (non-hydrogen) atoms. The van der Waals surface area contributed by atoms with Crippen LogP contribution in [0.2, 0.25) is 0 Å². The van der Waals surface area contributed by atoms with E-state index in [4.69, 9.17) is 20.4 Å². The number of aliphatic hydroxyl groups is 1. The van der Waals surface area contributed by atoms with Gasteiger partial charge in [0, 0.05) is 12.3 Å². The minimum Gasteiger partial charge on any atom is -0.462 e. The SMILES string of the molecule is C#C[C@]1(C)[C@H](O)[C@@H](COP(=O)(O)N[C@@H](C)C(=O)OC(C)C)O[C@H]1n1ccc(=O)[nH]c1=O. The maximum absolute atomic E-state index is 12.3. The molecule has 1 unspecified atom stereocenters. The number of carbonyl (C=O) groups excluding carboxylic acids is 1. The Morgan fingerprint density at radius 2 is 2.13 bits per heavy atom. The van der Waals surface area contributed by atoms with Crippen molar-refractivity contribution in [3.8, 4) is 12.3 Å². The zero-order valence-corrected chi connectivity index (χ0v) is 18.4. The summed E-state index contributed by atoms with van der Waals surface area (Å²) in [6.45, 7) is 5.46. The zero-order valence-electron chi connectivity index (χ0n) is 17.5. The van der Waals surface area contributed by atoms with Crippen molar-refractivity contribution in [3.05, 3.63) is 33.1 Å². The van der Waals surface area contributed by atoms with E-state index in [2.05, 4.69) is 16.0 Å². The van der Waals surface area contributed by atoms with Crippen LogP contribution in [0.25, 0.3) is 0 Å². The number of aromatic amines is 1. The van der Waals surface area contributed by atoms with Crippen molar-refractivity contribution < 1.29 is 33.4 Å². The number of aromatic nitrogens is 2. The van der Waals surface area contributed by atoms with E-state index in [1.54, 1.807) is 13.8 Å². The van der Waals surface area contributed by atoms with E-state index >= 15 is 0 Å². The predicted molar refractivity (Wildman–Crippen MR) is 108 cm³/mol. The van der Waals surface area contributed by atoms with Crippen LogP contribution in [0, 0.1) is 17.8 Å². The molecular formula is C18H26N3O9P. The minimum atomic E-state index is -4.49. The molecule has 0 spiro atoms. The zero-order chi connectivity index (χ0) is 23.6. The second-order valence-electron chi connectivity index (χ2n) is 7.57. The van der Waals surface area contributed by atoms with Crippen LogP contribution in [0.1, 0.15) is 33.9 Å². The van der Waals surface area contributed by atoms with E-state index in [0.29, 0.717) is 0 Å². The molecule has 13 heteroatoms. The highest BCUT2D eigenvalue weighted by Gasteiger charge is 2.54. The minimum absolute atomic E-state index is 0.410. The molecule has 2 heterocycles. The van der Waals surface area contributed by atoms with E-state index in [9.17, 15) is 28.9 Å². The Morgan fingerprint density at radius 1 is 1.48 bits per heavy atom. The van der Waals surface area contributed by atoms with Crippen LogP contribution >= 0.6 is 7.75 Å². The first-order chi connectivity index (χ1) is 14.3. The van der Waals surface area contributed by atoms with E-state index < -0.39 is 67.6 Å². The Morgan fingerprint density at radius 3 is 2.68 bits per heavy atom. The van der Waals surface area contributed by atoms with Crippen LogP contribution in [-0.2, 0) is 23.4 Å². The van der Waals surface area contributed by atoms with Crippen molar-refractivity contribution >= 4 is 13.7 Å². The summed E-state index contributed by atoms with van der Waals surface area (Å²) in [6.07, 6.45) is 2.56. The summed E-state index contributed by atoms with van der Waals surface area (Å²) in [5.74, 6) is 1.63. The van der Waals surface area contributed by atoms with E-state index in [-0.39, 0.29) is 0 Å². The van der Waals surface area contributed by atoms with Gasteiger partial charge in [0.25, 0.3) is 5.56 Å². The molecule has 1 aliphatic rings. The first-order valence-corrected chi connectivity index (χ1v) is 11.0. The normalized spacial score (nSPS) is 28.6. The van der Waals surface area contributed by atoms with Crippen molar-refractivity contribution in [2.75, 3.05) is 6.61 Å². The predicted octanol–water partition coefficient (Wildman–Crippen LogP) is -0.519. The van der Waals surface area contributed by atoms with Gasteiger partial charge in [0.2, 0.25) is 0 Å². The van der Waals surface area contributed by atoms with Gasteiger partial charge in [-0.3, -0.25) is 23.7 Å². The number of rotatable bonds is 8. The molecule has 1 fully saturated rings. The standard InChI is InChI=1S/C18H26N3O9P/c1-6-18(5)14(23)12(30-16(18)21-8-7-13(22)19-17(21)25)9-28-31(26,27)20-11(4)15(24)29-10(2)3/h1,7-8,10-12,14,16,23H,9H2,2-5H3,(H,19,22,25)(H2,20,26,27)/t11-,12+,14+,16+,18+/m0/s1. The molecule has 0 saturated carbocycles. The second kappa shape index (κ2) is 9.48. The van der Waals surface area contributed by atoms with Gasteiger partial charge < -0.3 is 19.5 Å². The Hall–Kier alpha value is -2.26. The molecule has 12 nitrogen and oxygen atoms in total. The first-order valence-electron chi connectivity index (χ1n) is 9.39. The number of hydrogen-bond acceptors (Lipinski definition) is 8. The highest BCUT2D eigenvalue weighted by Crippen LogP contribution is 2.46. The lowest BCUT2D eigenvalue weighted by atomic mass is 9.83. The lowest BCUT2D eigenvalue weighted by Gasteiger charge is -2.27. The van der Waals surface area contributed by atoms with E-state index in [0.717, 1.165) is 16.8 Å². The number of terminal acetylenes is 1. The van der Waals surface area contributed by atoms with Crippen LogP contribution in [0.5, 0.6) is 0 Å². The van der Waals surface area contributed by atoms with E-state index in [1.165, 1.54) is 13.8 Å². The third kappa shape index (κ3) is 5.71. The van der Waals surface area contributed by atoms with Crippen molar-refractivity contribution in [3.63, 3.8) is 0 Å². The van der Waals surface area contributed by atoms with Crippen molar-refractivity contribution in [1.29, 1.82) is 0 Å². The number of carbonyl (C=O) groups is 1. The van der Waals surface area contributed by atoms with Crippen molar-refractivity contribution in [2.45, 2.75) is 58.3 Å². The van der Waals surface area contributed by atoms with Crippen LogP contribution in [0.4, 0.5) is 0 Å². The van der Waals surface area contributed by atoms with Gasteiger partial charge in [-0.1, -0.05) is 5.92 Å². The smallest absolute Gasteiger partial charge is 0.403 e. The molecule has 0 amide bonds. The van der Waals surface area contributed by atoms with Gasteiger partial charge in [-0.2, -0.15) is 0 Å². The Bertz CT molecular complexity index is 1010. The first kappa shape index (κ1) is 25.0. The molecule has 172 valence electrons. The monoisotopic (exact) mass is 459 g/mol. The fourth-order valence-electron chi connectivity index (χ4n) is 3.01. The molecule has 1 aromatic heterocycles. The van der Waals surface area contributed by atoms with Gasteiger partial charge in [0.05, 0.1) is 12.7 Å². The van der Waals surface area contributed by atoms with Gasteiger partial charge >= 0.3 is 19.4 Å². The second-order valence-corrected chi connectivity index (χ2v) is 9.13. The van der Waals surface area contributed by atoms with Crippen molar-refractivity contribution in [1.82, 2.24) is 14.6 Å². The van der Waals surface area contributed by atoms with Gasteiger partial charge in [-0.15, -0.1) is 6.42 Å². The average Bonchev–Trinajstić information content (AvgIpc) is 2.91. The van der Waals surface area contributed by atoms with Crippen molar-refractivity contribution in [2.24, 2.45) is 5.41 Å². The quantitative estimate of drug-likeness (QED) is 0.225. The third-order valence-corrected chi connectivity index (χ3v) is 5.89. The molecule has 1 aromatic rings. The summed E-state index contributed by atoms with van der Waals surface area (Å²) in [4.78, 5) is 47.3. The summed E-state index contributed by atoms with van der Waals surface area (Å²) in [6, 6.07) is -0.0578. The van der Waals surface area contributed by atoms with Crippen LogP contribution in [0.15, 0.2) is 21.9 Å². The highest BCUT2D eigenvalue weighted by molar-refractivity contribution is 7.50. The van der Waals surface area contributed by atoms with Crippen LogP contribution in [-0.4, -0.2) is 56.5 Å². The fourth-order valence-corrected chi connectivity index (χ4v) is 4.03. The lowest BCUT2D eigenvalue weighted by Crippen LogP contribution is -2.41. The number of H-pyrrole nitrogens is 1. The Balaban J connectivity index is 2.13. The molecular weight excluding hydrogens is 433 g/mol. The van der Waals surface area contributed by atoms with Crippen LogP contribution in [0.3, 0.4) is 0 Å². The molecule has 0 aliphatic carbocycles. The third-order valence-electron chi connectivity index (χ3n) is 4.67. The maximum atomic E-state index is 12.3. The molecule has 1 aliphatic heterocycles. The highest BCUT2D eigenvalue weighted by atomic mass is 31.2. The number of nitrogens with one attached hydrogen (secondary N) is 2. The van der Waals surface area contributed by atoms with Gasteiger partial charge in [-0.05, 0) is 27.7 Å². The molecule has 0 bridgehead atoms. The summed E-state index contributed by atoms with van der Waals surface area (Å²) in [7, 11) is -4.49. The molecule has 0 radical (unpaired) electrons. The summed E-state index contributed by atoms with van der Waals surface area (Å²) in [5.41, 5.74) is -2.85. The Labute approximate surface area is 178 Å². The van der Waals surface area contributed by atoms with Crippen LogP contribution < -0.4 is 16.3 Å². The number of ether oxygens (including phenoxy) is 2. The van der Waals surface area contributed by atoms with Gasteiger partial charge in [0.15, 0.2) is 6.23 Å². The maximum Gasteiger partial charge on any atom is 0.403 e. The number of esters is 1. The molecule has 2 rings (SSSR count). The topological polar surface area (TPSA) is 169 Å². The average molecular weight is 459 g/mol. The molecule has 1 saturated heterocycles. The number of nitrogens with zero attached hydrogens (tertiary/aromatic N) is 1. The largest absolute Gasteiger partial charge is 0.462 e. The van der Waals surface area contributed by atoms with E-state index in [1.807, 2.05) is 0 Å². The van der Waals surface area contributed by atoms with Gasteiger partial charge in [-0.25, -0.2) is 14.4 Å². The number of aliphatic hydroxyl groups excluding tert-OH is 1. The summed E-state index contributed by atoms with van der Waals surface area (Å²) < 4.78 is 28.9. The van der Waals surface area contributed by atoms with Gasteiger partial charge in [0.1, 0.15) is 23.7 Å². The number of hydrogen-bond donors (Lipinski definition) is 4.